The van der Waals surface area contributed by atoms with Gasteiger partial charge in [0.2, 0.25) is 0 Å². The highest BCUT2D eigenvalue weighted by atomic mass is 14.7. The highest BCUT2D eigenvalue weighted by molar-refractivity contribution is 6.12. The summed E-state index contributed by atoms with van der Waals surface area (Å²) in [5.41, 5.74) is 2.80. The molecule has 0 radical (unpaired) electrons. The maximum atomic E-state index is 4.40. The summed E-state index contributed by atoms with van der Waals surface area (Å²) >= 11 is 0. The van der Waals surface area contributed by atoms with Gasteiger partial charge >= 0.3 is 0 Å². The van der Waals surface area contributed by atoms with Gasteiger partial charge < -0.3 is 0 Å². The Labute approximate surface area is 68.3 Å². The minimum absolute atomic E-state index is 0.681. The molecule has 2 heteroatoms. The minimum atomic E-state index is 0.681. The molecule has 0 N–H and O–H groups in total. The zero-order valence-corrected chi connectivity index (χ0v) is 6.88. The molecule has 0 amide bonds. The molecule has 1 aliphatic carbocycles. The lowest BCUT2D eigenvalue weighted by Gasteiger charge is -2.20. The third-order valence-electron chi connectivity index (χ3n) is 2.48. The lowest BCUT2D eigenvalue weighted by Crippen LogP contribution is -2.11. The van der Waals surface area contributed by atoms with E-state index >= 15 is 0 Å². The Morgan fingerprint density at radius 2 is 2.45 bits per heavy atom. The molecule has 1 aliphatic rings. The van der Waals surface area contributed by atoms with Crippen molar-refractivity contribution in [3.63, 3.8) is 0 Å². The Bertz CT molecular complexity index is 259. The van der Waals surface area contributed by atoms with Crippen molar-refractivity contribution in [3.8, 4) is 0 Å². The molecule has 0 aromatic carbocycles. The first-order chi connectivity index (χ1) is 5.38. The molecular formula is C9H12BN. The van der Waals surface area contributed by atoms with Crippen LogP contribution >= 0.6 is 0 Å². The van der Waals surface area contributed by atoms with Crippen LogP contribution in [0.5, 0.6) is 0 Å². The lowest BCUT2D eigenvalue weighted by atomic mass is 9.74. The zero-order chi connectivity index (χ0) is 7.68. The van der Waals surface area contributed by atoms with Crippen molar-refractivity contribution in [2.75, 3.05) is 0 Å². The standard InChI is InChI=1S/C9H12BN/c10-8-5-1-3-7-4-2-6-11-9(7)8/h2,4,6,8H,1,3,5,10H2/t8-/m0/s1. The van der Waals surface area contributed by atoms with E-state index in [4.69, 9.17) is 0 Å². The number of aryl methyl sites for hydroxylation is 1. The zero-order valence-electron chi connectivity index (χ0n) is 6.88. The van der Waals surface area contributed by atoms with E-state index in [1.807, 2.05) is 12.3 Å². The van der Waals surface area contributed by atoms with E-state index in [2.05, 4.69) is 18.9 Å². The van der Waals surface area contributed by atoms with E-state index in [0.717, 1.165) is 0 Å². The molecule has 0 saturated heterocycles. The van der Waals surface area contributed by atoms with Crippen molar-refractivity contribution >= 4 is 7.85 Å². The lowest BCUT2D eigenvalue weighted by molar-refractivity contribution is 0.649. The van der Waals surface area contributed by atoms with Crippen LogP contribution in [0, 0.1) is 0 Å². The smallest absolute Gasteiger partial charge is 0.113 e. The SMILES string of the molecule is B[C@H]1CCCc2cccnc21. The van der Waals surface area contributed by atoms with Crippen LogP contribution in [-0.4, -0.2) is 12.8 Å². The van der Waals surface area contributed by atoms with Crippen molar-refractivity contribution in [1.82, 2.24) is 4.98 Å². The quantitative estimate of drug-likeness (QED) is 0.498. The fourth-order valence-electron chi connectivity index (χ4n) is 1.84. The number of aromatic nitrogens is 1. The molecule has 11 heavy (non-hydrogen) atoms. The molecule has 0 aliphatic heterocycles. The van der Waals surface area contributed by atoms with Gasteiger partial charge in [-0.1, -0.05) is 12.5 Å². The number of nitrogens with zero attached hydrogens (tertiary/aromatic N) is 1. The predicted octanol–water partition coefficient (Wildman–Crippen LogP) is 1.09. The Morgan fingerprint density at radius 3 is 3.27 bits per heavy atom. The van der Waals surface area contributed by atoms with Crippen LogP contribution in [0.3, 0.4) is 0 Å². The second-order valence-corrected chi connectivity index (χ2v) is 3.34. The average Bonchev–Trinajstić information content (AvgIpc) is 2.06. The Balaban J connectivity index is 2.44. The molecule has 0 unspecified atom stereocenters. The van der Waals surface area contributed by atoms with Gasteiger partial charge in [-0.25, -0.2) is 0 Å². The second kappa shape index (κ2) is 2.69. The summed E-state index contributed by atoms with van der Waals surface area (Å²) in [7, 11) is 2.27. The normalized spacial score (nSPS) is 22.7. The predicted molar refractivity (Wildman–Crippen MR) is 48.5 cm³/mol. The fraction of sp³-hybridized carbons (Fsp3) is 0.444. The van der Waals surface area contributed by atoms with Crippen molar-refractivity contribution in [1.29, 1.82) is 0 Å². The summed E-state index contributed by atoms with van der Waals surface area (Å²) in [6, 6.07) is 4.24. The van der Waals surface area contributed by atoms with E-state index in [-0.39, 0.29) is 0 Å². The fourth-order valence-corrected chi connectivity index (χ4v) is 1.84. The Morgan fingerprint density at radius 1 is 1.55 bits per heavy atom. The summed E-state index contributed by atoms with van der Waals surface area (Å²) in [4.78, 5) is 4.40. The summed E-state index contributed by atoms with van der Waals surface area (Å²) < 4.78 is 0. The average molecular weight is 145 g/mol. The molecule has 0 bridgehead atoms. The summed E-state index contributed by atoms with van der Waals surface area (Å²) in [6.45, 7) is 0. The molecule has 1 heterocycles. The molecule has 56 valence electrons. The molecule has 2 rings (SSSR count). The molecule has 1 aromatic heterocycles. The number of hydrogen-bond donors (Lipinski definition) is 0. The van der Waals surface area contributed by atoms with Gasteiger partial charge in [0.25, 0.3) is 0 Å². The minimum Gasteiger partial charge on any atom is -0.262 e. The molecule has 1 aromatic rings. The van der Waals surface area contributed by atoms with E-state index in [9.17, 15) is 0 Å². The summed E-state index contributed by atoms with van der Waals surface area (Å²) in [6.07, 6.45) is 5.78. The maximum Gasteiger partial charge on any atom is 0.113 e. The van der Waals surface area contributed by atoms with Crippen LogP contribution in [0.1, 0.15) is 29.9 Å². The largest absolute Gasteiger partial charge is 0.262 e. The van der Waals surface area contributed by atoms with Crippen LogP contribution < -0.4 is 0 Å². The summed E-state index contributed by atoms with van der Waals surface area (Å²) in [5.74, 6) is 0.681. The first-order valence-electron chi connectivity index (χ1n) is 4.31. The monoisotopic (exact) mass is 145 g/mol. The van der Waals surface area contributed by atoms with Crippen LogP contribution in [0.15, 0.2) is 18.3 Å². The maximum absolute atomic E-state index is 4.40. The van der Waals surface area contributed by atoms with Crippen LogP contribution in [0.2, 0.25) is 0 Å². The molecular weight excluding hydrogens is 133 g/mol. The molecule has 0 spiro atoms. The third kappa shape index (κ3) is 1.17. The van der Waals surface area contributed by atoms with Gasteiger partial charge in [-0.2, -0.15) is 0 Å². The van der Waals surface area contributed by atoms with E-state index in [1.54, 1.807) is 0 Å². The van der Waals surface area contributed by atoms with Gasteiger partial charge in [-0.3, -0.25) is 4.98 Å². The van der Waals surface area contributed by atoms with Crippen LogP contribution in [-0.2, 0) is 6.42 Å². The van der Waals surface area contributed by atoms with Gasteiger partial charge in [-0.05, 0) is 30.3 Å². The van der Waals surface area contributed by atoms with Gasteiger partial charge in [-0.15, -0.1) is 0 Å². The van der Waals surface area contributed by atoms with Gasteiger partial charge in [0, 0.05) is 11.9 Å². The second-order valence-electron chi connectivity index (χ2n) is 3.34. The first kappa shape index (κ1) is 6.90. The van der Waals surface area contributed by atoms with E-state index in [1.165, 1.54) is 30.5 Å². The van der Waals surface area contributed by atoms with E-state index in [0.29, 0.717) is 5.82 Å². The van der Waals surface area contributed by atoms with Crippen molar-refractivity contribution < 1.29 is 0 Å². The van der Waals surface area contributed by atoms with Crippen LogP contribution in [0.25, 0.3) is 0 Å². The van der Waals surface area contributed by atoms with Gasteiger partial charge in [0.05, 0.1) is 0 Å². The third-order valence-corrected chi connectivity index (χ3v) is 2.48. The molecule has 0 fully saturated rings. The van der Waals surface area contributed by atoms with Crippen molar-refractivity contribution in [3.05, 3.63) is 29.6 Å². The van der Waals surface area contributed by atoms with E-state index < -0.39 is 0 Å². The van der Waals surface area contributed by atoms with Crippen molar-refractivity contribution in [2.24, 2.45) is 0 Å². The topological polar surface area (TPSA) is 12.9 Å². The van der Waals surface area contributed by atoms with Gasteiger partial charge in [0.1, 0.15) is 7.85 Å². The molecule has 0 saturated carbocycles. The Hall–Kier alpha value is -0.785. The number of pyridine rings is 1. The van der Waals surface area contributed by atoms with Gasteiger partial charge in [0.15, 0.2) is 0 Å². The summed E-state index contributed by atoms with van der Waals surface area (Å²) in [5, 5.41) is 0. The number of fused-ring (bicyclic) bond motifs is 1. The highest BCUT2D eigenvalue weighted by Gasteiger charge is 2.15. The number of hydrogen-bond acceptors (Lipinski definition) is 1. The van der Waals surface area contributed by atoms with Crippen LogP contribution in [0.4, 0.5) is 0 Å². The van der Waals surface area contributed by atoms with Crippen molar-refractivity contribution in [2.45, 2.75) is 25.1 Å². The molecule has 1 atom stereocenters. The Kier molecular flexibility index (Phi) is 1.68. The molecule has 1 nitrogen and oxygen atoms in total. The number of rotatable bonds is 0. The first-order valence-corrected chi connectivity index (χ1v) is 4.31. The highest BCUT2D eigenvalue weighted by Crippen LogP contribution is 2.26.